The first-order chi connectivity index (χ1) is 11.3. The van der Waals surface area contributed by atoms with Gasteiger partial charge in [-0.25, -0.2) is 0 Å². The first-order valence-electron chi connectivity index (χ1n) is 10.1. The fraction of sp³-hybridized carbons (Fsp3) is 0.739. The summed E-state index contributed by atoms with van der Waals surface area (Å²) in [6.07, 6.45) is 9.16. The Bertz CT molecular complexity index is 441. The lowest BCUT2D eigenvalue weighted by atomic mass is 9.91. The van der Waals surface area contributed by atoms with E-state index in [1.807, 2.05) is 0 Å². The Kier molecular flexibility index (Phi) is 8.87. The maximum Gasteiger partial charge on any atom is 0.0374 e. The van der Waals surface area contributed by atoms with E-state index in [-0.39, 0.29) is 0 Å². The Morgan fingerprint density at radius 2 is 1.38 bits per heavy atom. The quantitative estimate of drug-likeness (QED) is 0.435. The lowest BCUT2D eigenvalue weighted by Crippen LogP contribution is -2.37. The number of hydrogen-bond donors (Lipinski definition) is 0. The summed E-state index contributed by atoms with van der Waals surface area (Å²) in [7, 11) is 0. The van der Waals surface area contributed by atoms with E-state index in [0.717, 1.165) is 0 Å². The van der Waals surface area contributed by atoms with Gasteiger partial charge in [0.15, 0.2) is 0 Å². The van der Waals surface area contributed by atoms with Crippen LogP contribution in [0.3, 0.4) is 0 Å². The monoisotopic (exact) mass is 331 g/mol. The summed E-state index contributed by atoms with van der Waals surface area (Å²) in [6, 6.07) is 7.76. The van der Waals surface area contributed by atoms with Crippen molar-refractivity contribution < 1.29 is 0 Å². The molecule has 1 aromatic rings. The Morgan fingerprint density at radius 3 is 1.79 bits per heavy atom. The molecular weight excluding hydrogens is 290 g/mol. The first kappa shape index (κ1) is 21.1. The predicted molar refractivity (Wildman–Crippen MR) is 110 cm³/mol. The number of hydrogen-bond acceptors (Lipinski definition) is 1. The molecule has 0 atom stereocenters. The lowest BCUT2D eigenvalue weighted by molar-refractivity contribution is 0.363. The SMILES string of the molecule is CCCCC(CCCC)N(CCC(C)(C)C)c1cc(C)cc(C)c1. The number of anilines is 1. The maximum absolute atomic E-state index is 2.73. The summed E-state index contributed by atoms with van der Waals surface area (Å²) in [6.45, 7) is 17.3. The number of rotatable bonds is 10. The third-order valence-electron chi connectivity index (χ3n) is 4.86. The molecule has 0 aliphatic rings. The van der Waals surface area contributed by atoms with Gasteiger partial charge in [0, 0.05) is 18.3 Å². The van der Waals surface area contributed by atoms with Crippen molar-refractivity contribution in [2.75, 3.05) is 11.4 Å². The summed E-state index contributed by atoms with van der Waals surface area (Å²) in [5.74, 6) is 0. The summed E-state index contributed by atoms with van der Waals surface area (Å²) in [5, 5.41) is 0. The van der Waals surface area contributed by atoms with Gasteiger partial charge >= 0.3 is 0 Å². The minimum absolute atomic E-state index is 0.386. The van der Waals surface area contributed by atoms with Crippen LogP contribution in [0.5, 0.6) is 0 Å². The standard InChI is InChI=1S/C23H41N/c1-8-10-12-21(13-11-9-2)24(15-14-23(5,6)7)22-17-19(3)16-20(4)18-22/h16-18,21H,8-15H2,1-7H3. The van der Waals surface area contributed by atoms with Crippen molar-refractivity contribution in [2.24, 2.45) is 5.41 Å². The number of nitrogens with zero attached hydrogens (tertiary/aromatic N) is 1. The molecule has 0 saturated heterocycles. The molecule has 0 radical (unpaired) electrons. The van der Waals surface area contributed by atoms with E-state index in [1.165, 1.54) is 68.3 Å². The topological polar surface area (TPSA) is 3.24 Å². The van der Waals surface area contributed by atoms with Gasteiger partial charge < -0.3 is 4.90 Å². The van der Waals surface area contributed by atoms with Crippen molar-refractivity contribution in [1.29, 1.82) is 0 Å². The van der Waals surface area contributed by atoms with Gasteiger partial charge in [-0.15, -0.1) is 0 Å². The van der Waals surface area contributed by atoms with E-state index < -0.39 is 0 Å². The van der Waals surface area contributed by atoms with Crippen LogP contribution in [0.1, 0.15) is 90.7 Å². The van der Waals surface area contributed by atoms with Crippen LogP contribution in [0.15, 0.2) is 18.2 Å². The molecule has 0 aliphatic heterocycles. The van der Waals surface area contributed by atoms with Crippen LogP contribution >= 0.6 is 0 Å². The fourth-order valence-electron chi connectivity index (χ4n) is 3.43. The largest absolute Gasteiger partial charge is 0.369 e. The van der Waals surface area contributed by atoms with Gasteiger partial charge in [0.25, 0.3) is 0 Å². The van der Waals surface area contributed by atoms with Crippen molar-refractivity contribution >= 4 is 5.69 Å². The number of benzene rings is 1. The second kappa shape index (κ2) is 10.1. The Labute approximate surface area is 151 Å². The van der Waals surface area contributed by atoms with E-state index in [0.29, 0.717) is 11.5 Å². The van der Waals surface area contributed by atoms with Gasteiger partial charge in [-0.3, -0.25) is 0 Å². The van der Waals surface area contributed by atoms with E-state index in [4.69, 9.17) is 0 Å². The van der Waals surface area contributed by atoms with Crippen LogP contribution in [0.2, 0.25) is 0 Å². The molecule has 1 heteroatoms. The smallest absolute Gasteiger partial charge is 0.0374 e. The van der Waals surface area contributed by atoms with E-state index >= 15 is 0 Å². The van der Waals surface area contributed by atoms with Gasteiger partial charge in [0.05, 0.1) is 0 Å². The van der Waals surface area contributed by atoms with Gasteiger partial charge in [-0.05, 0) is 61.8 Å². The van der Waals surface area contributed by atoms with E-state index in [9.17, 15) is 0 Å². The Hall–Kier alpha value is -0.980. The second-order valence-corrected chi connectivity index (χ2v) is 8.79. The highest BCUT2D eigenvalue weighted by atomic mass is 15.2. The third kappa shape index (κ3) is 7.73. The average Bonchev–Trinajstić information content (AvgIpc) is 2.47. The normalized spacial score (nSPS) is 12.0. The number of aryl methyl sites for hydroxylation is 2. The zero-order chi connectivity index (χ0) is 18.2. The molecule has 0 saturated carbocycles. The van der Waals surface area contributed by atoms with Crippen LogP contribution in [-0.2, 0) is 0 Å². The van der Waals surface area contributed by atoms with Crippen LogP contribution in [0, 0.1) is 19.3 Å². The third-order valence-corrected chi connectivity index (χ3v) is 4.86. The highest BCUT2D eigenvalue weighted by molar-refractivity contribution is 5.51. The van der Waals surface area contributed by atoms with Crippen molar-refractivity contribution in [3.63, 3.8) is 0 Å². The van der Waals surface area contributed by atoms with Gasteiger partial charge in [0.1, 0.15) is 0 Å². The van der Waals surface area contributed by atoms with E-state index in [2.05, 4.69) is 71.6 Å². The second-order valence-electron chi connectivity index (χ2n) is 8.79. The molecule has 0 amide bonds. The zero-order valence-electron chi connectivity index (χ0n) is 17.4. The summed E-state index contributed by atoms with van der Waals surface area (Å²) >= 11 is 0. The molecular formula is C23H41N. The molecule has 0 N–H and O–H groups in total. The van der Waals surface area contributed by atoms with Crippen LogP contribution < -0.4 is 4.90 Å². The molecule has 0 aromatic heterocycles. The Balaban J connectivity index is 3.07. The highest BCUT2D eigenvalue weighted by Gasteiger charge is 2.21. The molecule has 24 heavy (non-hydrogen) atoms. The minimum Gasteiger partial charge on any atom is -0.369 e. The molecule has 0 fully saturated rings. The molecule has 0 aliphatic carbocycles. The van der Waals surface area contributed by atoms with Crippen LogP contribution in [0.4, 0.5) is 5.69 Å². The average molecular weight is 332 g/mol. The predicted octanol–water partition coefficient (Wildman–Crippen LogP) is 7.30. The van der Waals surface area contributed by atoms with Gasteiger partial charge in [-0.2, -0.15) is 0 Å². The number of unbranched alkanes of at least 4 members (excludes halogenated alkanes) is 2. The van der Waals surface area contributed by atoms with Crippen LogP contribution in [-0.4, -0.2) is 12.6 Å². The molecule has 0 heterocycles. The first-order valence-corrected chi connectivity index (χ1v) is 10.1. The van der Waals surface area contributed by atoms with Crippen molar-refractivity contribution in [3.8, 4) is 0 Å². The summed E-state index contributed by atoms with van der Waals surface area (Å²) < 4.78 is 0. The van der Waals surface area contributed by atoms with Gasteiger partial charge in [0.2, 0.25) is 0 Å². The fourth-order valence-corrected chi connectivity index (χ4v) is 3.43. The molecule has 0 spiro atoms. The van der Waals surface area contributed by atoms with Crippen molar-refractivity contribution in [3.05, 3.63) is 29.3 Å². The van der Waals surface area contributed by atoms with Crippen LogP contribution in [0.25, 0.3) is 0 Å². The maximum atomic E-state index is 2.73. The molecule has 1 aromatic carbocycles. The molecule has 1 rings (SSSR count). The minimum atomic E-state index is 0.386. The van der Waals surface area contributed by atoms with Gasteiger partial charge in [-0.1, -0.05) is 66.4 Å². The Morgan fingerprint density at radius 1 is 0.875 bits per heavy atom. The van der Waals surface area contributed by atoms with E-state index in [1.54, 1.807) is 0 Å². The molecule has 1 nitrogen and oxygen atoms in total. The van der Waals surface area contributed by atoms with Crippen molar-refractivity contribution in [1.82, 2.24) is 0 Å². The highest BCUT2D eigenvalue weighted by Crippen LogP contribution is 2.28. The summed E-state index contributed by atoms with van der Waals surface area (Å²) in [4.78, 5) is 2.73. The summed E-state index contributed by atoms with van der Waals surface area (Å²) in [5.41, 5.74) is 4.59. The molecule has 0 bridgehead atoms. The zero-order valence-corrected chi connectivity index (χ0v) is 17.4. The molecule has 0 unspecified atom stereocenters. The lowest BCUT2D eigenvalue weighted by Gasteiger charge is -2.36. The molecule has 138 valence electrons. The van der Waals surface area contributed by atoms with Crippen molar-refractivity contribution in [2.45, 2.75) is 99.5 Å².